The molecule has 0 aliphatic carbocycles. The summed E-state index contributed by atoms with van der Waals surface area (Å²) in [6, 6.07) is 1.74. The normalized spacial score (nSPS) is 12.8. The molecule has 0 bridgehead atoms. The van der Waals surface area contributed by atoms with Crippen LogP contribution in [0.2, 0.25) is 0 Å². The number of hydrogen-bond donors (Lipinski definition) is 3. The summed E-state index contributed by atoms with van der Waals surface area (Å²) in [7, 11) is 3.08. The van der Waals surface area contributed by atoms with E-state index in [2.05, 4.69) is 0 Å². The highest BCUT2D eigenvalue weighted by molar-refractivity contribution is 5.54. The summed E-state index contributed by atoms with van der Waals surface area (Å²) < 4.78 is 10.5. The van der Waals surface area contributed by atoms with Crippen LogP contribution < -0.4 is 4.74 Å². The Kier molecular flexibility index (Phi) is 8.16. The molecule has 25 heavy (non-hydrogen) atoms. The van der Waals surface area contributed by atoms with E-state index in [1.165, 1.54) is 7.11 Å². The van der Waals surface area contributed by atoms with Crippen LogP contribution in [0.4, 0.5) is 0 Å². The van der Waals surface area contributed by atoms with Crippen molar-refractivity contribution in [1.29, 1.82) is 0 Å². The van der Waals surface area contributed by atoms with E-state index in [9.17, 15) is 15.3 Å². The van der Waals surface area contributed by atoms with Crippen molar-refractivity contribution in [2.24, 2.45) is 0 Å². The molecule has 0 aliphatic rings. The number of phenols is 1. The fourth-order valence-electron chi connectivity index (χ4n) is 2.50. The second-order valence-electron chi connectivity index (χ2n) is 6.65. The third-order valence-corrected chi connectivity index (χ3v) is 3.86. The predicted octanol–water partition coefficient (Wildman–Crippen LogP) is 3.25. The molecule has 0 saturated heterocycles. The molecule has 3 N–H and O–H groups in total. The van der Waals surface area contributed by atoms with Crippen LogP contribution in [0, 0.1) is 0 Å². The Labute approximate surface area is 150 Å². The van der Waals surface area contributed by atoms with Crippen molar-refractivity contribution in [3.05, 3.63) is 46.6 Å². The number of hydrogen-bond acceptors (Lipinski definition) is 5. The molecule has 0 atom stereocenters. The van der Waals surface area contributed by atoms with Crippen LogP contribution >= 0.6 is 0 Å². The third kappa shape index (κ3) is 6.53. The number of aliphatic hydroxyl groups excluding tert-OH is 1. The average Bonchev–Trinajstić information content (AvgIpc) is 2.54. The van der Waals surface area contributed by atoms with Crippen LogP contribution in [0.25, 0.3) is 0 Å². The summed E-state index contributed by atoms with van der Waals surface area (Å²) in [6.07, 6.45) is 6.91. The number of allylic oxidation sites excluding steroid dienone is 3. The fraction of sp³-hybridized carbons (Fsp3) is 0.500. The Morgan fingerprint density at radius 2 is 1.92 bits per heavy atom. The molecule has 0 radical (unpaired) electrons. The molecule has 0 heterocycles. The number of methoxy groups -OCH3 is 2. The van der Waals surface area contributed by atoms with E-state index in [0.29, 0.717) is 35.3 Å². The Morgan fingerprint density at radius 1 is 1.24 bits per heavy atom. The largest absolute Gasteiger partial charge is 0.507 e. The zero-order valence-electron chi connectivity index (χ0n) is 15.8. The van der Waals surface area contributed by atoms with Gasteiger partial charge in [-0.25, -0.2) is 0 Å². The fourth-order valence-corrected chi connectivity index (χ4v) is 2.50. The molecule has 1 rings (SSSR count). The van der Waals surface area contributed by atoms with Crippen LogP contribution in [-0.2, 0) is 24.4 Å². The van der Waals surface area contributed by atoms with Crippen molar-refractivity contribution in [2.45, 2.75) is 52.4 Å². The average molecular weight is 350 g/mol. The number of aliphatic hydroxyl groups is 2. The van der Waals surface area contributed by atoms with Gasteiger partial charge in [-0.1, -0.05) is 23.8 Å². The molecule has 0 amide bonds. The van der Waals surface area contributed by atoms with Gasteiger partial charge in [0.15, 0.2) is 0 Å². The van der Waals surface area contributed by atoms with Gasteiger partial charge in [0.1, 0.15) is 11.5 Å². The maximum absolute atomic E-state index is 10.6. The summed E-state index contributed by atoms with van der Waals surface area (Å²) in [5.41, 5.74) is 2.12. The highest BCUT2D eigenvalue weighted by atomic mass is 16.5. The monoisotopic (exact) mass is 350 g/mol. The van der Waals surface area contributed by atoms with Gasteiger partial charge in [-0.15, -0.1) is 0 Å². The standard InChI is InChI=1S/C20H30O5/c1-14(7-6-10-20(2,3)23)8-9-16-18(25-5)11-15(12-21)17(13-24-4)19(16)22/h6,8,10-11,21-23H,7,9,12-13H2,1-5H3. The first-order chi connectivity index (χ1) is 11.7. The molecular formula is C20H30O5. The van der Waals surface area contributed by atoms with E-state index in [0.717, 1.165) is 5.57 Å². The summed E-state index contributed by atoms with van der Waals surface area (Å²) in [6.45, 7) is 5.47. The molecule has 0 spiro atoms. The van der Waals surface area contributed by atoms with Crippen molar-refractivity contribution in [1.82, 2.24) is 0 Å². The van der Waals surface area contributed by atoms with Gasteiger partial charge in [0.2, 0.25) is 0 Å². The van der Waals surface area contributed by atoms with Crippen LogP contribution in [0.3, 0.4) is 0 Å². The molecule has 5 nitrogen and oxygen atoms in total. The topological polar surface area (TPSA) is 79.2 Å². The van der Waals surface area contributed by atoms with Crippen molar-refractivity contribution in [3.8, 4) is 11.5 Å². The van der Waals surface area contributed by atoms with Crippen LogP contribution in [0.5, 0.6) is 11.5 Å². The summed E-state index contributed by atoms with van der Waals surface area (Å²) >= 11 is 0. The minimum absolute atomic E-state index is 0.0985. The Bertz CT molecular complexity index is 624. The first kappa shape index (κ1) is 21.2. The van der Waals surface area contributed by atoms with E-state index in [1.807, 2.05) is 19.1 Å². The highest BCUT2D eigenvalue weighted by Crippen LogP contribution is 2.35. The molecule has 5 heteroatoms. The SMILES string of the molecule is COCc1c(CO)cc(OC)c(CC=C(C)CC=CC(C)(C)O)c1O. The zero-order valence-corrected chi connectivity index (χ0v) is 15.8. The van der Waals surface area contributed by atoms with E-state index >= 15 is 0 Å². The molecule has 0 saturated carbocycles. The third-order valence-electron chi connectivity index (χ3n) is 3.86. The molecule has 1 aromatic carbocycles. The second kappa shape index (κ2) is 9.61. The lowest BCUT2D eigenvalue weighted by molar-refractivity contribution is 0.133. The maximum atomic E-state index is 10.6. The Balaban J connectivity index is 3.05. The zero-order chi connectivity index (χ0) is 19.0. The highest BCUT2D eigenvalue weighted by Gasteiger charge is 2.17. The van der Waals surface area contributed by atoms with Gasteiger partial charge < -0.3 is 24.8 Å². The minimum Gasteiger partial charge on any atom is -0.507 e. The first-order valence-corrected chi connectivity index (χ1v) is 8.29. The smallest absolute Gasteiger partial charge is 0.128 e. The lowest BCUT2D eigenvalue weighted by Gasteiger charge is -2.16. The van der Waals surface area contributed by atoms with E-state index in [1.54, 1.807) is 33.1 Å². The van der Waals surface area contributed by atoms with Gasteiger partial charge >= 0.3 is 0 Å². The lowest BCUT2D eigenvalue weighted by atomic mass is 9.98. The first-order valence-electron chi connectivity index (χ1n) is 8.29. The van der Waals surface area contributed by atoms with Gasteiger partial charge in [-0.2, -0.15) is 0 Å². The Morgan fingerprint density at radius 3 is 2.44 bits per heavy atom. The summed E-state index contributed by atoms with van der Waals surface area (Å²) in [5, 5.41) is 29.8. The lowest BCUT2D eigenvalue weighted by Crippen LogP contribution is -2.13. The molecule has 1 aromatic rings. The van der Waals surface area contributed by atoms with E-state index < -0.39 is 5.60 Å². The van der Waals surface area contributed by atoms with Crippen LogP contribution in [-0.4, -0.2) is 35.1 Å². The van der Waals surface area contributed by atoms with Gasteiger partial charge in [-0.05, 0) is 45.2 Å². The quantitative estimate of drug-likeness (QED) is 0.596. The van der Waals surface area contributed by atoms with E-state index in [-0.39, 0.29) is 19.0 Å². The molecule has 0 unspecified atom stereocenters. The minimum atomic E-state index is -0.822. The maximum Gasteiger partial charge on any atom is 0.128 e. The van der Waals surface area contributed by atoms with Gasteiger partial charge in [0, 0.05) is 18.2 Å². The van der Waals surface area contributed by atoms with Gasteiger partial charge in [0.25, 0.3) is 0 Å². The molecule has 0 aromatic heterocycles. The number of rotatable bonds is 9. The summed E-state index contributed by atoms with van der Waals surface area (Å²) in [5.74, 6) is 0.638. The molecule has 0 aliphatic heterocycles. The van der Waals surface area contributed by atoms with E-state index in [4.69, 9.17) is 9.47 Å². The van der Waals surface area contributed by atoms with Crippen LogP contribution in [0.15, 0.2) is 29.9 Å². The predicted molar refractivity (Wildman–Crippen MR) is 98.8 cm³/mol. The number of ether oxygens (including phenoxy) is 2. The van der Waals surface area contributed by atoms with Crippen molar-refractivity contribution < 1.29 is 24.8 Å². The molecule has 0 fully saturated rings. The second-order valence-corrected chi connectivity index (χ2v) is 6.65. The Hall–Kier alpha value is -1.82. The van der Waals surface area contributed by atoms with Crippen molar-refractivity contribution in [3.63, 3.8) is 0 Å². The molecular weight excluding hydrogens is 320 g/mol. The molecule has 140 valence electrons. The van der Waals surface area contributed by atoms with Crippen molar-refractivity contribution >= 4 is 0 Å². The van der Waals surface area contributed by atoms with Crippen LogP contribution in [0.1, 0.15) is 43.9 Å². The van der Waals surface area contributed by atoms with Gasteiger partial charge in [-0.3, -0.25) is 0 Å². The number of aromatic hydroxyl groups is 1. The van der Waals surface area contributed by atoms with Gasteiger partial charge in [0.05, 0.1) is 25.9 Å². The number of phenolic OH excluding ortho intramolecular Hbond substituents is 1. The van der Waals surface area contributed by atoms with Crippen molar-refractivity contribution in [2.75, 3.05) is 14.2 Å². The number of benzene rings is 1. The summed E-state index contributed by atoms with van der Waals surface area (Å²) in [4.78, 5) is 0.